The SMILES string of the molecule is O=C(NCC1CC1)c1c(F)cccc1Br. The molecule has 4 heteroatoms. The van der Waals surface area contributed by atoms with Gasteiger partial charge in [0.2, 0.25) is 0 Å². The zero-order valence-corrected chi connectivity index (χ0v) is 9.68. The van der Waals surface area contributed by atoms with Crippen LogP contribution in [-0.4, -0.2) is 12.5 Å². The van der Waals surface area contributed by atoms with Crippen LogP contribution < -0.4 is 5.32 Å². The van der Waals surface area contributed by atoms with Crippen molar-refractivity contribution >= 4 is 21.8 Å². The Labute approximate surface area is 96.0 Å². The molecule has 15 heavy (non-hydrogen) atoms. The lowest BCUT2D eigenvalue weighted by atomic mass is 10.2. The molecule has 1 aliphatic carbocycles. The van der Waals surface area contributed by atoms with Gasteiger partial charge in [-0.25, -0.2) is 4.39 Å². The van der Waals surface area contributed by atoms with E-state index < -0.39 is 5.82 Å². The quantitative estimate of drug-likeness (QED) is 0.900. The Kier molecular flexibility index (Phi) is 3.05. The molecule has 1 amide bonds. The first kappa shape index (κ1) is 10.6. The highest BCUT2D eigenvalue weighted by Crippen LogP contribution is 2.28. The second-order valence-electron chi connectivity index (χ2n) is 3.75. The molecule has 0 atom stereocenters. The van der Waals surface area contributed by atoms with E-state index in [1.54, 1.807) is 12.1 Å². The first-order chi connectivity index (χ1) is 7.18. The van der Waals surface area contributed by atoms with E-state index in [1.165, 1.54) is 18.9 Å². The number of rotatable bonds is 3. The van der Waals surface area contributed by atoms with Gasteiger partial charge in [-0.05, 0) is 46.8 Å². The molecule has 2 rings (SSSR count). The van der Waals surface area contributed by atoms with Gasteiger partial charge in [-0.1, -0.05) is 6.07 Å². The predicted molar refractivity (Wildman–Crippen MR) is 59.2 cm³/mol. The van der Waals surface area contributed by atoms with Crippen molar-refractivity contribution in [2.75, 3.05) is 6.54 Å². The van der Waals surface area contributed by atoms with E-state index in [0.29, 0.717) is 16.9 Å². The highest BCUT2D eigenvalue weighted by atomic mass is 79.9. The van der Waals surface area contributed by atoms with Crippen LogP contribution in [0.5, 0.6) is 0 Å². The van der Waals surface area contributed by atoms with Crippen LogP contribution in [0.3, 0.4) is 0 Å². The summed E-state index contributed by atoms with van der Waals surface area (Å²) in [5.41, 5.74) is 0.0955. The Balaban J connectivity index is 2.09. The molecule has 0 saturated heterocycles. The van der Waals surface area contributed by atoms with Crippen molar-refractivity contribution in [3.05, 3.63) is 34.1 Å². The lowest BCUT2D eigenvalue weighted by Gasteiger charge is -2.06. The number of benzene rings is 1. The molecular weight excluding hydrogens is 261 g/mol. The second-order valence-corrected chi connectivity index (χ2v) is 4.60. The fourth-order valence-corrected chi connectivity index (χ4v) is 1.88. The van der Waals surface area contributed by atoms with E-state index >= 15 is 0 Å². The first-order valence-electron chi connectivity index (χ1n) is 4.90. The molecular formula is C11H11BrFNO. The van der Waals surface area contributed by atoms with E-state index in [0.717, 1.165) is 0 Å². The number of hydrogen-bond donors (Lipinski definition) is 1. The highest BCUT2D eigenvalue weighted by Gasteiger charge is 2.23. The predicted octanol–water partition coefficient (Wildman–Crippen LogP) is 2.73. The lowest BCUT2D eigenvalue weighted by molar-refractivity contribution is 0.0947. The molecule has 0 aromatic heterocycles. The Morgan fingerprint density at radius 2 is 2.27 bits per heavy atom. The zero-order valence-electron chi connectivity index (χ0n) is 8.09. The van der Waals surface area contributed by atoms with Crippen molar-refractivity contribution in [1.29, 1.82) is 0 Å². The van der Waals surface area contributed by atoms with E-state index in [4.69, 9.17) is 0 Å². The van der Waals surface area contributed by atoms with Crippen LogP contribution in [-0.2, 0) is 0 Å². The summed E-state index contributed by atoms with van der Waals surface area (Å²) in [5.74, 6) is -0.232. The number of carbonyl (C=O) groups is 1. The summed E-state index contributed by atoms with van der Waals surface area (Å²) < 4.78 is 13.8. The van der Waals surface area contributed by atoms with Crippen LogP contribution in [0.15, 0.2) is 22.7 Å². The second kappa shape index (κ2) is 4.31. The molecule has 0 heterocycles. The maximum atomic E-state index is 13.4. The van der Waals surface area contributed by atoms with Crippen LogP contribution >= 0.6 is 15.9 Å². The minimum Gasteiger partial charge on any atom is -0.352 e. The Morgan fingerprint density at radius 3 is 2.87 bits per heavy atom. The van der Waals surface area contributed by atoms with Crippen molar-refractivity contribution in [2.24, 2.45) is 5.92 Å². The molecule has 1 fully saturated rings. The van der Waals surface area contributed by atoms with Crippen molar-refractivity contribution in [2.45, 2.75) is 12.8 Å². The van der Waals surface area contributed by atoms with Gasteiger partial charge in [0.25, 0.3) is 5.91 Å². The minimum absolute atomic E-state index is 0.0955. The summed E-state index contributed by atoms with van der Waals surface area (Å²) in [5, 5.41) is 2.73. The van der Waals surface area contributed by atoms with Gasteiger partial charge in [0, 0.05) is 11.0 Å². The van der Waals surface area contributed by atoms with Crippen LogP contribution in [0, 0.1) is 11.7 Å². The van der Waals surface area contributed by atoms with Gasteiger partial charge < -0.3 is 5.32 Å². The average Bonchev–Trinajstić information content (AvgIpc) is 2.97. The monoisotopic (exact) mass is 271 g/mol. The Morgan fingerprint density at radius 1 is 1.53 bits per heavy atom. The van der Waals surface area contributed by atoms with Gasteiger partial charge in [-0.15, -0.1) is 0 Å². The molecule has 1 N–H and O–H groups in total. The standard InChI is InChI=1S/C11H11BrFNO/c12-8-2-1-3-9(13)10(8)11(15)14-6-7-4-5-7/h1-3,7H,4-6H2,(H,14,15). The summed E-state index contributed by atoms with van der Waals surface area (Å²) in [4.78, 5) is 11.6. The summed E-state index contributed by atoms with van der Waals surface area (Å²) >= 11 is 3.17. The van der Waals surface area contributed by atoms with Crippen LogP contribution in [0.4, 0.5) is 4.39 Å². The molecule has 0 spiro atoms. The van der Waals surface area contributed by atoms with Gasteiger partial charge in [-0.3, -0.25) is 4.79 Å². The number of nitrogens with one attached hydrogen (secondary N) is 1. The third-order valence-corrected chi connectivity index (χ3v) is 3.10. The smallest absolute Gasteiger partial charge is 0.255 e. The third kappa shape index (κ3) is 2.56. The summed E-state index contributed by atoms with van der Waals surface area (Å²) in [6.07, 6.45) is 2.33. The van der Waals surface area contributed by atoms with Crippen LogP contribution in [0.2, 0.25) is 0 Å². The van der Waals surface area contributed by atoms with Gasteiger partial charge in [0.1, 0.15) is 5.82 Å². The van der Waals surface area contributed by atoms with Crippen molar-refractivity contribution < 1.29 is 9.18 Å². The van der Waals surface area contributed by atoms with Crippen molar-refractivity contribution in [3.63, 3.8) is 0 Å². The molecule has 0 aliphatic heterocycles. The molecule has 1 aromatic rings. The van der Waals surface area contributed by atoms with Gasteiger partial charge in [-0.2, -0.15) is 0 Å². The molecule has 1 aromatic carbocycles. The molecule has 80 valence electrons. The minimum atomic E-state index is -0.488. The largest absolute Gasteiger partial charge is 0.352 e. The molecule has 1 saturated carbocycles. The van der Waals surface area contributed by atoms with Crippen molar-refractivity contribution in [1.82, 2.24) is 5.32 Å². The average molecular weight is 272 g/mol. The first-order valence-corrected chi connectivity index (χ1v) is 5.70. The lowest BCUT2D eigenvalue weighted by Crippen LogP contribution is -2.26. The molecule has 1 aliphatic rings. The molecule has 0 unspecified atom stereocenters. The van der Waals surface area contributed by atoms with Gasteiger partial charge in [0.15, 0.2) is 0 Å². The Bertz CT molecular complexity index is 370. The Hall–Kier alpha value is -0.900. The number of halogens is 2. The van der Waals surface area contributed by atoms with E-state index in [9.17, 15) is 9.18 Å². The number of amides is 1. The maximum absolute atomic E-state index is 13.4. The number of carbonyl (C=O) groups excluding carboxylic acids is 1. The van der Waals surface area contributed by atoms with Gasteiger partial charge >= 0.3 is 0 Å². The molecule has 2 nitrogen and oxygen atoms in total. The van der Waals surface area contributed by atoms with Gasteiger partial charge in [0.05, 0.1) is 5.56 Å². The fraction of sp³-hybridized carbons (Fsp3) is 0.364. The zero-order chi connectivity index (χ0) is 10.8. The van der Waals surface area contributed by atoms with Crippen LogP contribution in [0.25, 0.3) is 0 Å². The molecule has 0 radical (unpaired) electrons. The maximum Gasteiger partial charge on any atom is 0.255 e. The summed E-state index contributed by atoms with van der Waals surface area (Å²) in [7, 11) is 0. The van der Waals surface area contributed by atoms with E-state index in [1.807, 2.05) is 0 Å². The molecule has 0 bridgehead atoms. The van der Waals surface area contributed by atoms with E-state index in [-0.39, 0.29) is 11.5 Å². The fourth-order valence-electron chi connectivity index (χ4n) is 1.36. The van der Waals surface area contributed by atoms with Crippen LogP contribution in [0.1, 0.15) is 23.2 Å². The third-order valence-electron chi connectivity index (χ3n) is 2.44. The topological polar surface area (TPSA) is 29.1 Å². The van der Waals surface area contributed by atoms with E-state index in [2.05, 4.69) is 21.2 Å². The summed E-state index contributed by atoms with van der Waals surface area (Å²) in [6.45, 7) is 0.652. The summed E-state index contributed by atoms with van der Waals surface area (Å²) in [6, 6.07) is 4.52. The number of hydrogen-bond acceptors (Lipinski definition) is 1. The highest BCUT2D eigenvalue weighted by molar-refractivity contribution is 9.10. The van der Waals surface area contributed by atoms with Crippen molar-refractivity contribution in [3.8, 4) is 0 Å². The normalized spacial score (nSPS) is 15.1.